The number of unbranched alkanes of at least 4 members (excludes halogenated alkanes) is 1. The van der Waals surface area contributed by atoms with Crippen molar-refractivity contribution in [1.29, 1.82) is 0 Å². The Bertz CT molecular complexity index is 1320. The van der Waals surface area contributed by atoms with E-state index in [1.165, 1.54) is 6.07 Å². The number of nitrogens with zero attached hydrogens (tertiary/aromatic N) is 1. The van der Waals surface area contributed by atoms with Crippen LogP contribution in [0, 0.1) is 11.9 Å². The number of amides is 1. The van der Waals surface area contributed by atoms with Gasteiger partial charge in [-0.3, -0.25) is 4.79 Å². The first-order valence-electron chi connectivity index (χ1n) is 10.3. The molecule has 4 aromatic rings. The molecule has 0 saturated heterocycles. The average molecular weight is 441 g/mol. The molecule has 2 N–H and O–H groups in total. The van der Waals surface area contributed by atoms with E-state index in [4.69, 9.17) is 5.73 Å². The molecule has 0 aliphatic heterocycles. The van der Waals surface area contributed by atoms with E-state index in [-0.39, 0.29) is 6.54 Å². The molecule has 0 spiro atoms. The molecule has 3 aromatic carbocycles. The third kappa shape index (κ3) is 3.95. The Morgan fingerprint density at radius 3 is 2.56 bits per heavy atom. The molecule has 0 aliphatic carbocycles. The predicted molar refractivity (Wildman–Crippen MR) is 116 cm³/mol. The molecular weight excluding hydrogens is 420 g/mol. The minimum Gasteiger partial charge on any atom is -0.366 e. The predicted octanol–water partition coefficient (Wildman–Crippen LogP) is 6.24. The number of aryl methyl sites for hydroxylation is 1. The fourth-order valence-electron chi connectivity index (χ4n) is 4.07. The van der Waals surface area contributed by atoms with Gasteiger partial charge in [-0.1, -0.05) is 31.5 Å². The van der Waals surface area contributed by atoms with Crippen molar-refractivity contribution in [2.45, 2.75) is 38.9 Å². The molecule has 3 nitrogen and oxygen atoms in total. The van der Waals surface area contributed by atoms with E-state index in [2.05, 4.69) is 13.0 Å². The summed E-state index contributed by atoms with van der Waals surface area (Å²) in [7, 11) is 0. The number of hydrogen-bond donors (Lipinski definition) is 1. The molecule has 32 heavy (non-hydrogen) atoms. The molecule has 1 radical (unpaired) electrons. The second-order valence-corrected chi connectivity index (χ2v) is 7.83. The van der Waals surface area contributed by atoms with Crippen LogP contribution in [0.4, 0.5) is 17.6 Å². The van der Waals surface area contributed by atoms with Crippen LogP contribution < -0.4 is 5.73 Å². The second kappa shape index (κ2) is 8.30. The second-order valence-electron chi connectivity index (χ2n) is 7.83. The van der Waals surface area contributed by atoms with Crippen LogP contribution in [0.1, 0.15) is 46.8 Å². The Morgan fingerprint density at radius 2 is 1.88 bits per heavy atom. The van der Waals surface area contributed by atoms with Gasteiger partial charge in [-0.05, 0) is 60.4 Å². The van der Waals surface area contributed by atoms with Gasteiger partial charge in [0, 0.05) is 22.9 Å². The van der Waals surface area contributed by atoms with Crippen LogP contribution in [0.5, 0.6) is 0 Å². The number of primary amides is 1. The Morgan fingerprint density at radius 1 is 1.09 bits per heavy atom. The van der Waals surface area contributed by atoms with Gasteiger partial charge in [0.2, 0.25) is 5.91 Å². The maximum absolute atomic E-state index is 13.8. The summed E-state index contributed by atoms with van der Waals surface area (Å²) in [5.74, 6) is -1.91. The highest BCUT2D eigenvalue weighted by molar-refractivity contribution is 6.17. The summed E-state index contributed by atoms with van der Waals surface area (Å²) in [6.07, 6.45) is -1.95. The van der Waals surface area contributed by atoms with Gasteiger partial charge in [0.05, 0.1) is 16.6 Å². The van der Waals surface area contributed by atoms with Crippen molar-refractivity contribution < 1.29 is 22.4 Å². The van der Waals surface area contributed by atoms with Crippen molar-refractivity contribution in [2.24, 2.45) is 5.73 Å². The summed E-state index contributed by atoms with van der Waals surface area (Å²) in [4.78, 5) is 12.1. The van der Waals surface area contributed by atoms with Crippen LogP contribution in [0.25, 0.3) is 21.8 Å². The van der Waals surface area contributed by atoms with Crippen molar-refractivity contribution in [3.05, 3.63) is 82.7 Å². The first kappa shape index (κ1) is 21.9. The summed E-state index contributed by atoms with van der Waals surface area (Å²) in [5.41, 5.74) is 7.32. The number of alkyl halides is 3. The number of benzene rings is 3. The van der Waals surface area contributed by atoms with E-state index in [1.807, 2.05) is 16.7 Å². The molecule has 165 valence electrons. The van der Waals surface area contributed by atoms with Crippen molar-refractivity contribution >= 4 is 27.7 Å². The Labute approximate surface area is 182 Å². The number of halogens is 4. The molecule has 1 aromatic heterocycles. The lowest BCUT2D eigenvalue weighted by Gasteiger charge is -2.12. The average Bonchev–Trinajstić information content (AvgIpc) is 3.05. The van der Waals surface area contributed by atoms with Crippen LogP contribution in [-0.4, -0.2) is 10.5 Å². The zero-order valence-electron chi connectivity index (χ0n) is 17.4. The van der Waals surface area contributed by atoms with Crippen LogP contribution in [0.2, 0.25) is 0 Å². The Balaban J connectivity index is 1.94. The largest absolute Gasteiger partial charge is 0.419 e. The number of nitrogens with two attached hydrogens (primary N) is 1. The smallest absolute Gasteiger partial charge is 0.366 e. The first-order chi connectivity index (χ1) is 15.2. The number of aromatic nitrogens is 1. The summed E-state index contributed by atoms with van der Waals surface area (Å²) in [6, 6.07) is 15.2. The lowest BCUT2D eigenvalue weighted by Crippen LogP contribution is -2.11. The fourth-order valence-corrected chi connectivity index (χ4v) is 4.07. The SMILES string of the molecule is CCCCc1c[c]c2c3c(C(N)=O)cccc3n(Cc3ccc(F)c(C(F)(F)F)c3)c2c1. The van der Waals surface area contributed by atoms with E-state index in [9.17, 15) is 22.4 Å². The highest BCUT2D eigenvalue weighted by Crippen LogP contribution is 2.35. The molecule has 1 amide bonds. The lowest BCUT2D eigenvalue weighted by molar-refractivity contribution is -0.140. The molecule has 0 atom stereocenters. The van der Waals surface area contributed by atoms with Crippen LogP contribution in [0.15, 0.2) is 48.5 Å². The Kier molecular flexibility index (Phi) is 5.67. The minimum absolute atomic E-state index is 0.0661. The van der Waals surface area contributed by atoms with Crippen LogP contribution in [-0.2, 0) is 19.1 Å². The van der Waals surface area contributed by atoms with Gasteiger partial charge in [0.25, 0.3) is 0 Å². The van der Waals surface area contributed by atoms with Gasteiger partial charge in [-0.2, -0.15) is 13.2 Å². The summed E-state index contributed by atoms with van der Waals surface area (Å²) < 4.78 is 55.3. The maximum Gasteiger partial charge on any atom is 0.419 e. The number of carbonyl (C=O) groups is 1. The van der Waals surface area contributed by atoms with E-state index < -0.39 is 23.5 Å². The fraction of sp³-hybridized carbons (Fsp3) is 0.240. The van der Waals surface area contributed by atoms with Crippen molar-refractivity contribution in [3.63, 3.8) is 0 Å². The third-order valence-electron chi connectivity index (χ3n) is 5.62. The molecule has 0 unspecified atom stereocenters. The van der Waals surface area contributed by atoms with Crippen LogP contribution >= 0.6 is 0 Å². The molecule has 7 heteroatoms. The van der Waals surface area contributed by atoms with Gasteiger partial charge in [-0.15, -0.1) is 0 Å². The highest BCUT2D eigenvalue weighted by atomic mass is 19.4. The zero-order chi connectivity index (χ0) is 23.0. The molecule has 0 fully saturated rings. The van der Waals surface area contributed by atoms with Crippen molar-refractivity contribution in [3.8, 4) is 0 Å². The molecule has 0 saturated carbocycles. The van der Waals surface area contributed by atoms with E-state index in [1.54, 1.807) is 18.2 Å². The van der Waals surface area contributed by atoms with Gasteiger partial charge in [0.1, 0.15) is 5.82 Å². The lowest BCUT2D eigenvalue weighted by atomic mass is 10.0. The number of fused-ring (bicyclic) bond motifs is 3. The van der Waals surface area contributed by atoms with Gasteiger partial charge >= 0.3 is 6.18 Å². The number of hydrogen-bond acceptors (Lipinski definition) is 1. The number of rotatable bonds is 6. The zero-order valence-corrected chi connectivity index (χ0v) is 17.4. The maximum atomic E-state index is 13.8. The van der Waals surface area contributed by atoms with Gasteiger partial charge in [-0.25, -0.2) is 4.39 Å². The first-order valence-corrected chi connectivity index (χ1v) is 10.3. The molecule has 0 aliphatic rings. The van der Waals surface area contributed by atoms with E-state index in [0.717, 1.165) is 42.5 Å². The van der Waals surface area contributed by atoms with E-state index >= 15 is 0 Å². The monoisotopic (exact) mass is 441 g/mol. The minimum atomic E-state index is -4.79. The van der Waals surface area contributed by atoms with Crippen molar-refractivity contribution in [1.82, 2.24) is 4.57 Å². The highest BCUT2D eigenvalue weighted by Gasteiger charge is 2.34. The Hall–Kier alpha value is -3.35. The summed E-state index contributed by atoms with van der Waals surface area (Å²) in [5, 5.41) is 1.28. The van der Waals surface area contributed by atoms with Crippen molar-refractivity contribution in [2.75, 3.05) is 0 Å². The molecule has 0 bridgehead atoms. The normalized spacial score (nSPS) is 12.0. The van der Waals surface area contributed by atoms with Gasteiger partial charge < -0.3 is 10.3 Å². The molecular formula is C25H21F4N2O. The molecule has 1 heterocycles. The molecule has 4 rings (SSSR count). The van der Waals surface area contributed by atoms with Gasteiger partial charge in [0.15, 0.2) is 0 Å². The summed E-state index contributed by atoms with van der Waals surface area (Å²) in [6.45, 7) is 2.15. The summed E-state index contributed by atoms with van der Waals surface area (Å²) >= 11 is 0. The standard InChI is InChI=1S/C25H21F4N2O/c1-2-3-5-15-8-10-17-22(13-15)31(21-7-4-6-18(23(17)21)24(30)32)14-16-9-11-20(26)19(12-16)25(27,28)29/h4,6-9,11-13H,2-3,5,14H2,1H3,(H2,30,32). The third-order valence-corrected chi connectivity index (χ3v) is 5.62. The topological polar surface area (TPSA) is 48.0 Å². The van der Waals surface area contributed by atoms with E-state index in [0.29, 0.717) is 27.4 Å². The quantitative estimate of drug-likeness (QED) is 0.354. The number of carbonyl (C=O) groups excluding carboxylic acids is 1. The van der Waals surface area contributed by atoms with Crippen LogP contribution in [0.3, 0.4) is 0 Å².